The van der Waals surface area contributed by atoms with Gasteiger partial charge < -0.3 is 0 Å². The molecule has 0 nitrogen and oxygen atoms in total. The summed E-state index contributed by atoms with van der Waals surface area (Å²) in [6.45, 7) is 6.79. The van der Waals surface area contributed by atoms with Crippen molar-refractivity contribution in [1.29, 1.82) is 0 Å². The predicted octanol–water partition coefficient (Wildman–Crippen LogP) is 7.37. The molecule has 0 aromatic heterocycles. The quantitative estimate of drug-likeness (QED) is 0.414. The summed E-state index contributed by atoms with van der Waals surface area (Å²) in [5.41, 5.74) is 9.80. The van der Waals surface area contributed by atoms with Gasteiger partial charge in [-0.3, -0.25) is 0 Å². The first kappa shape index (κ1) is 17.5. The molecule has 3 aromatic carbocycles. The van der Waals surface area contributed by atoms with Crippen molar-refractivity contribution in [3.8, 4) is 22.3 Å². The highest BCUT2D eigenvalue weighted by Gasteiger charge is 2.16. The largest absolute Gasteiger partial charge is 0.0654 e. The molecule has 0 amide bonds. The van der Waals surface area contributed by atoms with Crippen molar-refractivity contribution in [1.82, 2.24) is 0 Å². The second-order valence-electron chi connectivity index (χ2n) is 6.91. The zero-order chi connectivity index (χ0) is 17.6. The molecule has 3 aromatic rings. The summed E-state index contributed by atoms with van der Waals surface area (Å²) in [5, 5.41) is 0. The van der Waals surface area contributed by atoms with Gasteiger partial charge in [-0.2, -0.15) is 0 Å². The van der Waals surface area contributed by atoms with Crippen LogP contribution in [0.1, 0.15) is 42.9 Å². The van der Waals surface area contributed by atoms with E-state index >= 15 is 0 Å². The van der Waals surface area contributed by atoms with Crippen LogP contribution in [-0.4, -0.2) is 0 Å². The maximum absolute atomic E-state index is 2.39. The van der Waals surface area contributed by atoms with Crippen LogP contribution in [0.5, 0.6) is 0 Å². The molecule has 0 aliphatic carbocycles. The van der Waals surface area contributed by atoms with E-state index in [1.54, 1.807) is 0 Å². The molecule has 128 valence electrons. The molecule has 0 saturated heterocycles. The third-order valence-electron chi connectivity index (χ3n) is 5.13. The second kappa shape index (κ2) is 8.16. The Morgan fingerprint density at radius 2 is 1.32 bits per heavy atom. The Bertz CT molecular complexity index is 814. The lowest BCUT2D eigenvalue weighted by molar-refractivity contribution is 0.718. The summed E-state index contributed by atoms with van der Waals surface area (Å²) in [6.07, 6.45) is 4.93. The lowest BCUT2D eigenvalue weighted by Crippen LogP contribution is -2.00. The summed E-state index contributed by atoms with van der Waals surface area (Å²) < 4.78 is 0. The van der Waals surface area contributed by atoms with E-state index in [0.29, 0.717) is 0 Å². The average Bonchev–Trinajstić information content (AvgIpc) is 2.66. The van der Waals surface area contributed by atoms with Crippen molar-refractivity contribution >= 4 is 0 Å². The average molecular weight is 328 g/mol. The van der Waals surface area contributed by atoms with Gasteiger partial charge in [-0.25, -0.2) is 0 Å². The Labute approximate surface area is 152 Å². The van der Waals surface area contributed by atoms with Crippen LogP contribution in [-0.2, 0) is 6.42 Å². The van der Waals surface area contributed by atoms with Crippen molar-refractivity contribution in [3.63, 3.8) is 0 Å². The first-order valence-corrected chi connectivity index (χ1v) is 9.46. The second-order valence-corrected chi connectivity index (χ2v) is 6.91. The van der Waals surface area contributed by atoms with Crippen LogP contribution in [0, 0.1) is 13.8 Å². The molecule has 0 aliphatic rings. The van der Waals surface area contributed by atoms with Gasteiger partial charge in [0.15, 0.2) is 0 Å². The van der Waals surface area contributed by atoms with E-state index in [2.05, 4.69) is 87.5 Å². The van der Waals surface area contributed by atoms with Crippen LogP contribution >= 0.6 is 0 Å². The minimum Gasteiger partial charge on any atom is -0.0654 e. The zero-order valence-corrected chi connectivity index (χ0v) is 15.7. The van der Waals surface area contributed by atoms with E-state index < -0.39 is 0 Å². The van der Waals surface area contributed by atoms with E-state index in [1.165, 1.54) is 58.2 Å². The topological polar surface area (TPSA) is 0 Å². The Balaban J connectivity index is 2.22. The predicted molar refractivity (Wildman–Crippen MR) is 110 cm³/mol. The van der Waals surface area contributed by atoms with Crippen molar-refractivity contribution in [2.24, 2.45) is 0 Å². The Kier molecular flexibility index (Phi) is 5.71. The monoisotopic (exact) mass is 328 g/mol. The van der Waals surface area contributed by atoms with Crippen molar-refractivity contribution in [2.75, 3.05) is 0 Å². The molecule has 0 spiro atoms. The Morgan fingerprint density at radius 3 is 1.92 bits per heavy atom. The zero-order valence-electron chi connectivity index (χ0n) is 15.7. The number of unbranched alkanes of at least 4 members (excludes halogenated alkanes) is 2. The highest BCUT2D eigenvalue weighted by Crippen LogP contribution is 2.38. The van der Waals surface area contributed by atoms with Crippen LogP contribution in [0.25, 0.3) is 22.3 Å². The summed E-state index contributed by atoms with van der Waals surface area (Å²) in [7, 11) is 0. The minimum absolute atomic E-state index is 1.14. The SMILES string of the molecule is CCCCCc1c(-c2ccccc2)cc(C)c(C)c1-c1ccccc1. The van der Waals surface area contributed by atoms with Crippen molar-refractivity contribution in [2.45, 2.75) is 46.5 Å². The molecule has 0 atom stereocenters. The highest BCUT2D eigenvalue weighted by molar-refractivity contribution is 5.82. The van der Waals surface area contributed by atoms with Gasteiger partial charge in [0.25, 0.3) is 0 Å². The molecule has 0 aliphatic heterocycles. The van der Waals surface area contributed by atoms with E-state index in [0.717, 1.165) is 6.42 Å². The van der Waals surface area contributed by atoms with Crippen molar-refractivity contribution in [3.05, 3.63) is 83.4 Å². The van der Waals surface area contributed by atoms with E-state index in [-0.39, 0.29) is 0 Å². The molecular formula is C25H28. The molecule has 0 heteroatoms. The van der Waals surface area contributed by atoms with Gasteiger partial charge in [-0.15, -0.1) is 0 Å². The van der Waals surface area contributed by atoms with Crippen LogP contribution < -0.4 is 0 Å². The first-order valence-electron chi connectivity index (χ1n) is 9.46. The minimum atomic E-state index is 1.14. The molecule has 0 radical (unpaired) electrons. The molecule has 0 heterocycles. The lowest BCUT2D eigenvalue weighted by Gasteiger charge is -2.20. The molecule has 25 heavy (non-hydrogen) atoms. The molecule has 0 N–H and O–H groups in total. The van der Waals surface area contributed by atoms with Gasteiger partial charge in [-0.1, -0.05) is 86.5 Å². The Morgan fingerprint density at radius 1 is 0.720 bits per heavy atom. The van der Waals surface area contributed by atoms with Gasteiger partial charge >= 0.3 is 0 Å². The fourth-order valence-corrected chi connectivity index (χ4v) is 3.65. The van der Waals surface area contributed by atoms with Gasteiger partial charge in [0, 0.05) is 0 Å². The van der Waals surface area contributed by atoms with Crippen molar-refractivity contribution < 1.29 is 0 Å². The fraction of sp³-hybridized carbons (Fsp3) is 0.280. The Hall–Kier alpha value is -2.34. The van der Waals surface area contributed by atoms with Crippen LogP contribution in [0.2, 0.25) is 0 Å². The summed E-state index contributed by atoms with van der Waals surface area (Å²) in [5.74, 6) is 0. The summed E-state index contributed by atoms with van der Waals surface area (Å²) in [6, 6.07) is 24.1. The summed E-state index contributed by atoms with van der Waals surface area (Å²) >= 11 is 0. The van der Waals surface area contributed by atoms with Crippen LogP contribution in [0.15, 0.2) is 66.7 Å². The molecule has 3 rings (SSSR count). The number of aryl methyl sites for hydroxylation is 1. The maximum Gasteiger partial charge on any atom is -0.0114 e. The molecule has 0 fully saturated rings. The van der Waals surface area contributed by atoms with Gasteiger partial charge in [-0.05, 0) is 65.6 Å². The highest BCUT2D eigenvalue weighted by atomic mass is 14.2. The third-order valence-corrected chi connectivity index (χ3v) is 5.13. The normalized spacial score (nSPS) is 10.8. The van der Waals surface area contributed by atoms with Gasteiger partial charge in [0.2, 0.25) is 0 Å². The molecule has 0 saturated carbocycles. The summed E-state index contributed by atoms with van der Waals surface area (Å²) in [4.78, 5) is 0. The fourth-order valence-electron chi connectivity index (χ4n) is 3.65. The number of hydrogen-bond donors (Lipinski definition) is 0. The smallest absolute Gasteiger partial charge is 0.0114 e. The van der Waals surface area contributed by atoms with Crippen LogP contribution in [0.4, 0.5) is 0 Å². The number of hydrogen-bond acceptors (Lipinski definition) is 0. The van der Waals surface area contributed by atoms with E-state index in [4.69, 9.17) is 0 Å². The van der Waals surface area contributed by atoms with Gasteiger partial charge in [0.05, 0.1) is 0 Å². The molecule has 0 unspecified atom stereocenters. The maximum atomic E-state index is 2.39. The van der Waals surface area contributed by atoms with Gasteiger partial charge in [0.1, 0.15) is 0 Å². The van der Waals surface area contributed by atoms with E-state index in [9.17, 15) is 0 Å². The number of rotatable bonds is 6. The van der Waals surface area contributed by atoms with Crippen LogP contribution in [0.3, 0.4) is 0 Å². The molecular weight excluding hydrogens is 300 g/mol. The lowest BCUT2D eigenvalue weighted by atomic mass is 9.84. The first-order chi connectivity index (χ1) is 12.2. The molecule has 0 bridgehead atoms. The third kappa shape index (κ3) is 3.85. The standard InChI is InChI=1S/C25H28/c1-4-5-8-17-23-24(21-13-9-6-10-14-21)18-19(2)20(3)25(23)22-15-11-7-12-16-22/h6-7,9-16,18H,4-5,8,17H2,1-3H3. The number of benzene rings is 3. The van der Waals surface area contributed by atoms with E-state index in [1.807, 2.05) is 0 Å².